The highest BCUT2D eigenvalue weighted by Gasteiger charge is 2.37. The number of para-hydroxylation sites is 3. The van der Waals surface area contributed by atoms with E-state index in [1.54, 1.807) is 0 Å². The fourth-order valence-corrected chi connectivity index (χ4v) is 7.21. The summed E-state index contributed by atoms with van der Waals surface area (Å²) >= 11 is 0. The lowest BCUT2D eigenvalue weighted by atomic mass is 9.91. The SMILES string of the molecule is CN1c2ccccc2NC1c1ccccc1/C=C/C=C(\C(=N)c1ccccc1)c1ccc(N2c3ccccc3C3C=CC=CC32)cc1. The van der Waals surface area contributed by atoms with Crippen molar-refractivity contribution in [2.75, 3.05) is 22.2 Å². The Morgan fingerprint density at radius 2 is 1.36 bits per heavy atom. The van der Waals surface area contributed by atoms with Crippen LogP contribution in [-0.2, 0) is 0 Å². The summed E-state index contributed by atoms with van der Waals surface area (Å²) in [7, 11) is 2.13. The molecule has 0 amide bonds. The number of nitrogens with zero attached hydrogens (tertiary/aromatic N) is 2. The van der Waals surface area contributed by atoms with Crippen molar-refractivity contribution < 1.29 is 0 Å². The van der Waals surface area contributed by atoms with Gasteiger partial charge in [-0.05, 0) is 47.0 Å². The molecule has 2 heterocycles. The Labute approximate surface area is 276 Å². The van der Waals surface area contributed by atoms with Crippen LogP contribution in [0.15, 0.2) is 164 Å². The minimum atomic E-state index is 0.0386. The van der Waals surface area contributed by atoms with Gasteiger partial charge in [0.2, 0.25) is 0 Å². The van der Waals surface area contributed by atoms with Crippen LogP contribution in [0, 0.1) is 5.41 Å². The van der Waals surface area contributed by atoms with E-state index in [0.717, 1.165) is 33.6 Å². The third-order valence-electron chi connectivity index (χ3n) is 9.54. The topological polar surface area (TPSA) is 42.4 Å². The van der Waals surface area contributed by atoms with Crippen molar-refractivity contribution in [1.82, 2.24) is 0 Å². The van der Waals surface area contributed by atoms with Gasteiger partial charge in [0.15, 0.2) is 0 Å². The summed E-state index contributed by atoms with van der Waals surface area (Å²) < 4.78 is 0. The predicted molar refractivity (Wildman–Crippen MR) is 198 cm³/mol. The molecular formula is C43H36N4. The number of hydrogen-bond donors (Lipinski definition) is 2. The van der Waals surface area contributed by atoms with Crippen LogP contribution < -0.4 is 15.1 Å². The largest absolute Gasteiger partial charge is 0.360 e. The van der Waals surface area contributed by atoms with E-state index in [0.29, 0.717) is 11.6 Å². The maximum Gasteiger partial charge on any atom is 0.126 e. The summed E-state index contributed by atoms with van der Waals surface area (Å²) in [6.07, 6.45) is 15.3. The maximum atomic E-state index is 9.28. The Bertz CT molecular complexity index is 2070. The van der Waals surface area contributed by atoms with Gasteiger partial charge in [-0.25, -0.2) is 0 Å². The molecule has 2 N–H and O–H groups in total. The Morgan fingerprint density at radius 3 is 2.17 bits per heavy atom. The minimum Gasteiger partial charge on any atom is -0.360 e. The van der Waals surface area contributed by atoms with Gasteiger partial charge in [0.25, 0.3) is 0 Å². The number of hydrogen-bond acceptors (Lipinski definition) is 4. The Hall–Kier alpha value is -5.87. The maximum absolute atomic E-state index is 9.28. The van der Waals surface area contributed by atoms with Crippen LogP contribution in [0.4, 0.5) is 22.7 Å². The average molecular weight is 609 g/mol. The molecule has 0 spiro atoms. The molecule has 1 aliphatic carbocycles. The first-order valence-corrected chi connectivity index (χ1v) is 16.2. The van der Waals surface area contributed by atoms with Gasteiger partial charge in [-0.3, -0.25) is 5.41 Å². The molecule has 4 heteroatoms. The summed E-state index contributed by atoms with van der Waals surface area (Å²) in [4.78, 5) is 4.73. The van der Waals surface area contributed by atoms with E-state index in [1.807, 2.05) is 30.3 Å². The lowest BCUT2D eigenvalue weighted by Gasteiger charge is -2.29. The highest BCUT2D eigenvalue weighted by atomic mass is 15.3. The summed E-state index contributed by atoms with van der Waals surface area (Å²) in [5, 5.41) is 13.0. The number of benzene rings is 5. The van der Waals surface area contributed by atoms with Crippen molar-refractivity contribution in [1.29, 1.82) is 5.41 Å². The Balaban J connectivity index is 1.13. The zero-order valence-corrected chi connectivity index (χ0v) is 26.3. The number of nitrogens with one attached hydrogen (secondary N) is 2. The fourth-order valence-electron chi connectivity index (χ4n) is 7.21. The molecule has 47 heavy (non-hydrogen) atoms. The number of anilines is 4. The molecule has 3 aliphatic rings. The van der Waals surface area contributed by atoms with Gasteiger partial charge < -0.3 is 15.1 Å². The third kappa shape index (κ3) is 5.18. The first-order chi connectivity index (χ1) is 23.2. The molecule has 2 aliphatic heterocycles. The van der Waals surface area contributed by atoms with Crippen LogP contribution in [0.25, 0.3) is 11.6 Å². The van der Waals surface area contributed by atoms with Crippen molar-refractivity contribution in [2.45, 2.75) is 18.1 Å². The second-order valence-corrected chi connectivity index (χ2v) is 12.2. The molecule has 4 nitrogen and oxygen atoms in total. The first-order valence-electron chi connectivity index (χ1n) is 16.2. The van der Waals surface area contributed by atoms with E-state index >= 15 is 0 Å². The zero-order valence-electron chi connectivity index (χ0n) is 26.3. The van der Waals surface area contributed by atoms with Gasteiger partial charge in [0.1, 0.15) is 6.17 Å². The second-order valence-electron chi connectivity index (χ2n) is 12.2. The van der Waals surface area contributed by atoms with Gasteiger partial charge in [0.05, 0.1) is 23.1 Å². The molecule has 228 valence electrons. The normalized spacial score (nSPS) is 19.4. The van der Waals surface area contributed by atoms with E-state index in [1.165, 1.54) is 22.5 Å². The van der Waals surface area contributed by atoms with E-state index in [2.05, 4.69) is 162 Å². The number of allylic oxidation sites excluding steroid dienone is 5. The minimum absolute atomic E-state index is 0.0386. The molecule has 0 fully saturated rings. The van der Waals surface area contributed by atoms with E-state index in [-0.39, 0.29) is 12.2 Å². The van der Waals surface area contributed by atoms with E-state index in [4.69, 9.17) is 0 Å². The van der Waals surface area contributed by atoms with Gasteiger partial charge >= 0.3 is 0 Å². The lowest BCUT2D eigenvalue weighted by molar-refractivity contribution is 0.745. The van der Waals surface area contributed by atoms with Crippen LogP contribution in [0.5, 0.6) is 0 Å². The van der Waals surface area contributed by atoms with Crippen LogP contribution in [-0.4, -0.2) is 18.8 Å². The van der Waals surface area contributed by atoms with Gasteiger partial charge in [-0.2, -0.15) is 0 Å². The third-order valence-corrected chi connectivity index (χ3v) is 9.54. The summed E-state index contributed by atoms with van der Waals surface area (Å²) in [5.74, 6) is 0.346. The first kappa shape index (κ1) is 28.6. The molecule has 0 saturated heterocycles. The standard InChI is InChI=1S/C43H36N4/c1-46-41-25-12-9-22-38(41)45-43(46)35-18-6-5-14-30(35)17-13-21-34(42(44)32-15-3-2-4-16-32)31-26-28-33(29-27-31)47-39-23-10-7-19-36(39)37-20-8-11-24-40(37)47/h2-29,36,39,43-45H,1H3/b17-13+,34-21-,44-42?. The molecular weight excluding hydrogens is 573 g/mol. The average Bonchev–Trinajstić information content (AvgIpc) is 3.65. The fraction of sp³-hybridized carbons (Fsp3) is 0.0930. The molecule has 0 bridgehead atoms. The van der Waals surface area contributed by atoms with Crippen LogP contribution in [0.3, 0.4) is 0 Å². The quantitative estimate of drug-likeness (QED) is 0.143. The number of fused-ring (bicyclic) bond motifs is 4. The highest BCUT2D eigenvalue weighted by Crippen LogP contribution is 2.47. The molecule has 5 aromatic carbocycles. The second kappa shape index (κ2) is 12.1. The molecule has 8 rings (SSSR count). The van der Waals surface area contributed by atoms with Gasteiger partial charge in [0, 0.05) is 41.0 Å². The Morgan fingerprint density at radius 1 is 0.681 bits per heavy atom. The molecule has 3 unspecified atom stereocenters. The predicted octanol–water partition coefficient (Wildman–Crippen LogP) is 10.1. The van der Waals surface area contributed by atoms with Crippen molar-refractivity contribution in [3.63, 3.8) is 0 Å². The molecule has 0 aromatic heterocycles. The summed E-state index contributed by atoms with van der Waals surface area (Å²) in [6.45, 7) is 0. The Kier molecular flexibility index (Phi) is 7.39. The summed E-state index contributed by atoms with van der Waals surface area (Å²) in [6, 6.07) is 44.6. The van der Waals surface area contributed by atoms with Crippen LogP contribution in [0.2, 0.25) is 0 Å². The van der Waals surface area contributed by atoms with Crippen LogP contribution >= 0.6 is 0 Å². The summed E-state index contributed by atoms with van der Waals surface area (Å²) in [5.41, 5.74) is 11.7. The van der Waals surface area contributed by atoms with Crippen molar-refractivity contribution in [3.05, 3.63) is 192 Å². The van der Waals surface area contributed by atoms with Crippen molar-refractivity contribution >= 4 is 40.1 Å². The molecule has 5 aromatic rings. The number of rotatable bonds is 7. The van der Waals surface area contributed by atoms with Crippen molar-refractivity contribution in [2.24, 2.45) is 0 Å². The smallest absolute Gasteiger partial charge is 0.126 e. The van der Waals surface area contributed by atoms with Gasteiger partial charge in [-0.1, -0.05) is 140 Å². The van der Waals surface area contributed by atoms with E-state index < -0.39 is 0 Å². The molecule has 3 atom stereocenters. The van der Waals surface area contributed by atoms with Crippen LogP contribution in [0.1, 0.15) is 39.9 Å². The van der Waals surface area contributed by atoms with E-state index in [9.17, 15) is 5.41 Å². The lowest BCUT2D eigenvalue weighted by Crippen LogP contribution is -2.28. The molecule has 0 saturated carbocycles. The zero-order chi connectivity index (χ0) is 31.7. The molecule has 0 radical (unpaired) electrons. The van der Waals surface area contributed by atoms with Gasteiger partial charge in [-0.15, -0.1) is 0 Å². The van der Waals surface area contributed by atoms with Crippen molar-refractivity contribution in [3.8, 4) is 0 Å². The highest BCUT2D eigenvalue weighted by molar-refractivity contribution is 6.30. The monoisotopic (exact) mass is 608 g/mol.